The first-order valence-electron chi connectivity index (χ1n) is 7.39. The van der Waals surface area contributed by atoms with Crippen LogP contribution < -0.4 is 5.73 Å². The number of hydrogen-bond acceptors (Lipinski definition) is 3. The Morgan fingerprint density at radius 3 is 2.36 bits per heavy atom. The molecule has 0 spiro atoms. The van der Waals surface area contributed by atoms with E-state index in [0.29, 0.717) is 31.5 Å². The number of nitrogens with zero attached hydrogens (tertiary/aromatic N) is 1. The number of amides is 1. The van der Waals surface area contributed by atoms with E-state index in [1.807, 2.05) is 20.8 Å². The van der Waals surface area contributed by atoms with Crippen molar-refractivity contribution < 1.29 is 18.3 Å². The maximum atomic E-state index is 13.4. The van der Waals surface area contributed by atoms with Crippen molar-refractivity contribution in [1.82, 2.24) is 4.90 Å². The van der Waals surface area contributed by atoms with Crippen LogP contribution in [0.4, 0.5) is 19.3 Å². The summed E-state index contributed by atoms with van der Waals surface area (Å²) in [7, 11) is 0. The Hall–Kier alpha value is -1.85. The minimum absolute atomic E-state index is 0.0658. The lowest BCUT2D eigenvalue weighted by Gasteiger charge is -2.33. The Kier molecular flexibility index (Phi) is 4.58. The maximum absolute atomic E-state index is 13.4. The SMILES string of the molecule is CC(C)(C)OC(=O)N1CCC(c2cc(N)c(F)c(F)c2)CC1. The number of carbonyl (C=O) groups excluding carboxylic acids is 1. The van der Waals surface area contributed by atoms with Crippen molar-refractivity contribution in [3.8, 4) is 0 Å². The largest absolute Gasteiger partial charge is 0.444 e. The highest BCUT2D eigenvalue weighted by Gasteiger charge is 2.28. The summed E-state index contributed by atoms with van der Waals surface area (Å²) in [6, 6.07) is 2.67. The van der Waals surface area contributed by atoms with Gasteiger partial charge in [0.2, 0.25) is 0 Å². The molecule has 4 nitrogen and oxygen atoms in total. The van der Waals surface area contributed by atoms with Gasteiger partial charge >= 0.3 is 6.09 Å². The highest BCUT2D eigenvalue weighted by molar-refractivity contribution is 5.68. The molecule has 1 aromatic carbocycles. The molecule has 1 aliphatic rings. The van der Waals surface area contributed by atoms with Crippen LogP contribution in [0.15, 0.2) is 12.1 Å². The minimum atomic E-state index is -1.00. The number of piperidine rings is 1. The van der Waals surface area contributed by atoms with Gasteiger partial charge in [-0.2, -0.15) is 0 Å². The molecule has 0 radical (unpaired) electrons. The lowest BCUT2D eigenvalue weighted by Crippen LogP contribution is -2.41. The van der Waals surface area contributed by atoms with E-state index in [-0.39, 0.29) is 17.7 Å². The number of likely N-dealkylation sites (tertiary alicyclic amines) is 1. The van der Waals surface area contributed by atoms with E-state index < -0.39 is 17.2 Å². The molecule has 122 valence electrons. The third-order valence-corrected chi connectivity index (χ3v) is 3.70. The molecule has 1 saturated heterocycles. The number of hydrogen-bond donors (Lipinski definition) is 1. The Labute approximate surface area is 129 Å². The van der Waals surface area contributed by atoms with Gasteiger partial charge in [0.15, 0.2) is 11.6 Å². The first kappa shape index (κ1) is 16.5. The lowest BCUT2D eigenvalue weighted by atomic mass is 9.89. The van der Waals surface area contributed by atoms with E-state index in [2.05, 4.69) is 0 Å². The number of anilines is 1. The molecule has 0 saturated carbocycles. The number of benzene rings is 1. The fraction of sp³-hybridized carbons (Fsp3) is 0.562. The van der Waals surface area contributed by atoms with Gasteiger partial charge in [-0.25, -0.2) is 13.6 Å². The number of ether oxygens (including phenoxy) is 1. The van der Waals surface area contributed by atoms with E-state index in [1.54, 1.807) is 4.90 Å². The summed E-state index contributed by atoms with van der Waals surface area (Å²) in [5.41, 5.74) is 5.45. The summed E-state index contributed by atoms with van der Waals surface area (Å²) < 4.78 is 32.0. The molecule has 6 heteroatoms. The van der Waals surface area contributed by atoms with Crippen LogP contribution in [0.3, 0.4) is 0 Å². The molecule has 1 heterocycles. The minimum Gasteiger partial charge on any atom is -0.444 e. The van der Waals surface area contributed by atoms with Crippen molar-refractivity contribution in [2.24, 2.45) is 0 Å². The zero-order valence-electron chi connectivity index (χ0n) is 13.2. The van der Waals surface area contributed by atoms with Crippen LogP contribution in [-0.2, 0) is 4.74 Å². The quantitative estimate of drug-likeness (QED) is 0.805. The summed E-state index contributed by atoms with van der Waals surface area (Å²) >= 11 is 0. The average Bonchev–Trinajstić information content (AvgIpc) is 2.42. The standard InChI is InChI=1S/C16H22F2N2O2/c1-16(2,3)22-15(21)20-6-4-10(5-7-20)11-8-12(17)14(18)13(19)9-11/h8-10H,4-7,19H2,1-3H3. The van der Waals surface area contributed by atoms with Crippen LogP contribution in [0.5, 0.6) is 0 Å². The number of nitrogens with two attached hydrogens (primary N) is 1. The first-order chi connectivity index (χ1) is 10.2. The number of rotatable bonds is 1. The Bertz CT molecular complexity index is 539. The van der Waals surface area contributed by atoms with Crippen LogP contribution in [0.25, 0.3) is 0 Å². The third kappa shape index (κ3) is 3.87. The van der Waals surface area contributed by atoms with Gasteiger partial charge in [0.25, 0.3) is 0 Å². The molecule has 2 rings (SSSR count). The second-order valence-corrected chi connectivity index (χ2v) is 6.65. The van der Waals surface area contributed by atoms with E-state index in [0.717, 1.165) is 0 Å². The Morgan fingerprint density at radius 2 is 1.86 bits per heavy atom. The highest BCUT2D eigenvalue weighted by Crippen LogP contribution is 2.31. The van der Waals surface area contributed by atoms with Crippen molar-refractivity contribution in [3.63, 3.8) is 0 Å². The molecule has 0 unspecified atom stereocenters. The topological polar surface area (TPSA) is 55.6 Å². The van der Waals surface area contributed by atoms with Crippen LogP contribution in [0.1, 0.15) is 45.1 Å². The molecule has 0 bridgehead atoms. The summed E-state index contributed by atoms with van der Waals surface area (Å²) in [4.78, 5) is 13.6. The van der Waals surface area contributed by atoms with Gasteiger partial charge in [0.05, 0.1) is 5.69 Å². The van der Waals surface area contributed by atoms with E-state index >= 15 is 0 Å². The van der Waals surface area contributed by atoms with Crippen LogP contribution in [-0.4, -0.2) is 29.7 Å². The van der Waals surface area contributed by atoms with Gasteiger partial charge in [0.1, 0.15) is 5.60 Å². The lowest BCUT2D eigenvalue weighted by molar-refractivity contribution is 0.0205. The second-order valence-electron chi connectivity index (χ2n) is 6.65. The summed E-state index contributed by atoms with van der Waals surface area (Å²) in [6.07, 6.45) is 1.00. The van der Waals surface area contributed by atoms with Crippen molar-refractivity contribution in [3.05, 3.63) is 29.3 Å². The Balaban J connectivity index is 1.99. The number of carbonyl (C=O) groups is 1. The summed E-state index contributed by atoms with van der Waals surface area (Å²) in [5.74, 6) is -1.87. The van der Waals surface area contributed by atoms with Crippen LogP contribution >= 0.6 is 0 Å². The molecule has 1 amide bonds. The smallest absolute Gasteiger partial charge is 0.410 e. The fourth-order valence-electron chi connectivity index (χ4n) is 2.59. The third-order valence-electron chi connectivity index (χ3n) is 3.70. The fourth-order valence-corrected chi connectivity index (χ4v) is 2.59. The first-order valence-corrected chi connectivity index (χ1v) is 7.39. The zero-order valence-corrected chi connectivity index (χ0v) is 13.2. The van der Waals surface area contributed by atoms with Crippen molar-refractivity contribution in [2.45, 2.75) is 45.1 Å². The zero-order chi connectivity index (χ0) is 16.5. The molecule has 2 N–H and O–H groups in total. The predicted molar refractivity (Wildman–Crippen MR) is 80.6 cm³/mol. The molecule has 0 aromatic heterocycles. The molecule has 1 aliphatic heterocycles. The highest BCUT2D eigenvalue weighted by atomic mass is 19.2. The molecule has 0 atom stereocenters. The second kappa shape index (κ2) is 6.10. The van der Waals surface area contributed by atoms with Crippen molar-refractivity contribution in [2.75, 3.05) is 18.8 Å². The number of halogens is 2. The molecular weight excluding hydrogens is 290 g/mol. The molecule has 1 fully saturated rings. The molecule has 0 aliphatic carbocycles. The summed E-state index contributed by atoms with van der Waals surface area (Å²) in [5, 5.41) is 0. The Morgan fingerprint density at radius 1 is 1.27 bits per heavy atom. The van der Waals surface area contributed by atoms with Gasteiger partial charge in [-0.05, 0) is 57.2 Å². The van der Waals surface area contributed by atoms with Crippen LogP contribution in [0, 0.1) is 11.6 Å². The van der Waals surface area contributed by atoms with E-state index in [4.69, 9.17) is 10.5 Å². The summed E-state index contributed by atoms with van der Waals surface area (Å²) in [6.45, 7) is 6.52. The van der Waals surface area contributed by atoms with Gasteiger partial charge in [0, 0.05) is 13.1 Å². The normalized spacial score (nSPS) is 16.7. The molecule has 22 heavy (non-hydrogen) atoms. The number of nitrogen functional groups attached to an aromatic ring is 1. The maximum Gasteiger partial charge on any atom is 0.410 e. The molecule has 1 aromatic rings. The van der Waals surface area contributed by atoms with Gasteiger partial charge < -0.3 is 15.4 Å². The van der Waals surface area contributed by atoms with Gasteiger partial charge in [-0.15, -0.1) is 0 Å². The molecular formula is C16H22F2N2O2. The average molecular weight is 312 g/mol. The van der Waals surface area contributed by atoms with E-state index in [9.17, 15) is 13.6 Å². The van der Waals surface area contributed by atoms with Crippen molar-refractivity contribution in [1.29, 1.82) is 0 Å². The monoisotopic (exact) mass is 312 g/mol. The van der Waals surface area contributed by atoms with Crippen molar-refractivity contribution >= 4 is 11.8 Å². The van der Waals surface area contributed by atoms with Gasteiger partial charge in [-0.3, -0.25) is 0 Å². The van der Waals surface area contributed by atoms with E-state index in [1.165, 1.54) is 12.1 Å². The predicted octanol–water partition coefficient (Wildman–Crippen LogP) is 3.66. The van der Waals surface area contributed by atoms with Crippen LogP contribution in [0.2, 0.25) is 0 Å². The van der Waals surface area contributed by atoms with Gasteiger partial charge in [-0.1, -0.05) is 0 Å².